The summed E-state index contributed by atoms with van der Waals surface area (Å²) in [5, 5.41) is 0. The Balaban J connectivity index is 2.19. The number of hydrogen-bond donors (Lipinski definition) is 0. The monoisotopic (exact) mass is 271 g/mol. The van der Waals surface area contributed by atoms with E-state index in [9.17, 15) is 13.2 Å². The van der Waals surface area contributed by atoms with Crippen LogP contribution in [0.5, 0.6) is 0 Å². The summed E-state index contributed by atoms with van der Waals surface area (Å²) < 4.78 is 41.7. The van der Waals surface area contributed by atoms with Crippen LogP contribution in [-0.4, -0.2) is 29.0 Å². The zero-order chi connectivity index (χ0) is 10.3. The largest absolute Gasteiger partial charge is 0.470 e. The van der Waals surface area contributed by atoms with E-state index in [2.05, 4.69) is 20.9 Å². The number of ether oxygens (including phenoxy) is 1. The summed E-state index contributed by atoms with van der Waals surface area (Å²) >= 11 is 3.32. The summed E-state index contributed by atoms with van der Waals surface area (Å²) in [4.78, 5) is 3.58. The van der Waals surface area contributed by atoms with Gasteiger partial charge < -0.3 is 4.74 Å². The molecular weight excluding hydrogens is 263 g/mol. The van der Waals surface area contributed by atoms with Crippen LogP contribution in [0.4, 0.5) is 13.2 Å². The van der Waals surface area contributed by atoms with Gasteiger partial charge in [-0.05, 0) is 12.8 Å². The number of hydrogen-bond acceptors (Lipinski definition) is 2. The number of nitrogens with zero attached hydrogens (tertiary/aromatic N) is 1. The van der Waals surface area contributed by atoms with Gasteiger partial charge in [-0.1, -0.05) is 15.9 Å². The first-order chi connectivity index (χ1) is 6.47. The lowest BCUT2D eigenvalue weighted by atomic mass is 9.92. The molecule has 1 fully saturated rings. The summed E-state index contributed by atoms with van der Waals surface area (Å²) in [6, 6.07) is -0.209. The lowest BCUT2D eigenvalue weighted by Gasteiger charge is -2.36. The van der Waals surface area contributed by atoms with Crippen molar-refractivity contribution in [1.82, 2.24) is 0 Å². The van der Waals surface area contributed by atoms with Crippen molar-refractivity contribution < 1.29 is 17.9 Å². The third-order valence-electron chi connectivity index (χ3n) is 2.49. The summed E-state index contributed by atoms with van der Waals surface area (Å²) in [6.45, 7) is 0. The number of halogens is 4. The number of aliphatic imine (C=N–C) groups is 1. The Morgan fingerprint density at radius 1 is 1.36 bits per heavy atom. The van der Waals surface area contributed by atoms with E-state index in [-0.39, 0.29) is 17.0 Å². The van der Waals surface area contributed by atoms with Crippen LogP contribution in [0.15, 0.2) is 4.99 Å². The highest BCUT2D eigenvalue weighted by atomic mass is 79.9. The second-order valence-corrected chi connectivity index (χ2v) is 4.75. The van der Waals surface area contributed by atoms with Gasteiger partial charge in [0.1, 0.15) is 6.10 Å². The summed E-state index contributed by atoms with van der Waals surface area (Å²) in [6.07, 6.45) is -2.70. The van der Waals surface area contributed by atoms with Gasteiger partial charge >= 0.3 is 6.18 Å². The molecule has 0 aromatic heterocycles. The van der Waals surface area contributed by atoms with Crippen LogP contribution in [0.3, 0.4) is 0 Å². The van der Waals surface area contributed by atoms with Gasteiger partial charge in [0.15, 0.2) is 0 Å². The Bertz CT molecular complexity index is 266. The second kappa shape index (κ2) is 3.40. The highest BCUT2D eigenvalue weighted by Gasteiger charge is 2.45. The smallest absolute Gasteiger partial charge is 0.468 e. The minimum Gasteiger partial charge on any atom is -0.470 e. The van der Waals surface area contributed by atoms with E-state index in [1.54, 1.807) is 0 Å². The van der Waals surface area contributed by atoms with E-state index in [0.717, 1.165) is 6.42 Å². The molecule has 0 N–H and O–H groups in total. The van der Waals surface area contributed by atoms with Crippen LogP contribution >= 0.6 is 15.9 Å². The molecule has 3 unspecified atom stereocenters. The molecule has 0 radical (unpaired) electrons. The Morgan fingerprint density at radius 3 is 2.71 bits per heavy atom. The summed E-state index contributed by atoms with van der Waals surface area (Å²) in [5.41, 5.74) is 0. The highest BCUT2D eigenvalue weighted by Crippen LogP contribution is 2.35. The van der Waals surface area contributed by atoms with Crippen molar-refractivity contribution in [1.29, 1.82) is 0 Å². The van der Waals surface area contributed by atoms with Crippen LogP contribution in [0, 0.1) is 0 Å². The van der Waals surface area contributed by atoms with E-state index >= 15 is 0 Å². The van der Waals surface area contributed by atoms with Crippen molar-refractivity contribution in [2.75, 3.05) is 0 Å². The molecule has 1 aliphatic heterocycles. The second-order valence-electron chi connectivity index (χ2n) is 3.57. The normalized spacial score (nSPS) is 37.4. The first-order valence-corrected chi connectivity index (χ1v) is 5.34. The Labute approximate surface area is 87.7 Å². The number of rotatable bonds is 0. The molecule has 80 valence electrons. The van der Waals surface area contributed by atoms with Crippen molar-refractivity contribution >= 4 is 21.8 Å². The molecule has 2 aliphatic rings. The molecule has 3 atom stereocenters. The zero-order valence-corrected chi connectivity index (χ0v) is 8.81. The van der Waals surface area contributed by atoms with Crippen molar-refractivity contribution in [3.8, 4) is 0 Å². The van der Waals surface area contributed by atoms with Gasteiger partial charge in [0.25, 0.3) is 5.90 Å². The van der Waals surface area contributed by atoms with Gasteiger partial charge in [0.05, 0.1) is 10.9 Å². The molecule has 6 heteroatoms. The van der Waals surface area contributed by atoms with Crippen LogP contribution in [0.25, 0.3) is 0 Å². The van der Waals surface area contributed by atoms with Gasteiger partial charge in [0.2, 0.25) is 0 Å². The molecule has 2 nitrogen and oxygen atoms in total. The first-order valence-electron chi connectivity index (χ1n) is 4.42. The molecule has 0 spiro atoms. The molecule has 0 amide bonds. The van der Waals surface area contributed by atoms with Gasteiger partial charge in [-0.2, -0.15) is 13.2 Å². The van der Waals surface area contributed by atoms with Crippen LogP contribution in [0.2, 0.25) is 0 Å². The Morgan fingerprint density at radius 2 is 2.07 bits per heavy atom. The third-order valence-corrected chi connectivity index (χ3v) is 3.54. The van der Waals surface area contributed by atoms with Crippen LogP contribution < -0.4 is 0 Å². The quantitative estimate of drug-likeness (QED) is 0.621. The van der Waals surface area contributed by atoms with Gasteiger partial charge in [-0.3, -0.25) is 0 Å². The van der Waals surface area contributed by atoms with E-state index in [1.165, 1.54) is 0 Å². The molecule has 1 saturated carbocycles. The molecule has 2 bridgehead atoms. The molecule has 0 aromatic carbocycles. The number of fused-ring (bicyclic) bond motifs is 2. The minimum absolute atomic E-state index is 0.0200. The lowest BCUT2D eigenvalue weighted by Crippen LogP contribution is -2.44. The molecule has 2 rings (SSSR count). The fourth-order valence-electron chi connectivity index (χ4n) is 1.79. The van der Waals surface area contributed by atoms with E-state index in [1.807, 2.05) is 0 Å². The third kappa shape index (κ3) is 1.89. The summed E-state index contributed by atoms with van der Waals surface area (Å²) in [7, 11) is 0. The highest BCUT2D eigenvalue weighted by molar-refractivity contribution is 9.09. The van der Waals surface area contributed by atoms with Gasteiger partial charge in [-0.15, -0.1) is 0 Å². The standard InChI is InChI=1S/C8H9BrF3NO/c9-5-2-1-4-3-6(5)14-7(13-4)8(10,11)12/h4-6H,1-3H2. The van der Waals surface area contributed by atoms with E-state index in [4.69, 9.17) is 4.74 Å². The molecule has 0 saturated heterocycles. The van der Waals surface area contributed by atoms with E-state index < -0.39 is 12.1 Å². The summed E-state index contributed by atoms with van der Waals surface area (Å²) in [5.74, 6) is -1.05. The van der Waals surface area contributed by atoms with Crippen molar-refractivity contribution in [3.63, 3.8) is 0 Å². The molecular formula is C8H9BrF3NO. The minimum atomic E-state index is -4.44. The van der Waals surface area contributed by atoms with Crippen molar-refractivity contribution in [2.45, 2.75) is 42.4 Å². The predicted molar refractivity (Wildman–Crippen MR) is 48.7 cm³/mol. The van der Waals surface area contributed by atoms with Crippen LogP contribution in [0.1, 0.15) is 19.3 Å². The number of alkyl halides is 4. The van der Waals surface area contributed by atoms with E-state index in [0.29, 0.717) is 12.8 Å². The molecule has 1 heterocycles. The lowest BCUT2D eigenvalue weighted by molar-refractivity contribution is -0.0894. The SMILES string of the molecule is FC(F)(F)C1=NC2CCC(Br)C(C2)O1. The fraction of sp³-hybridized carbons (Fsp3) is 0.875. The van der Waals surface area contributed by atoms with Crippen molar-refractivity contribution in [2.24, 2.45) is 4.99 Å². The zero-order valence-electron chi connectivity index (χ0n) is 7.22. The Kier molecular flexibility index (Phi) is 2.49. The topological polar surface area (TPSA) is 21.6 Å². The Hall–Kier alpha value is -0.260. The maximum absolute atomic E-state index is 12.3. The maximum atomic E-state index is 12.3. The first kappa shape index (κ1) is 10.3. The average molecular weight is 272 g/mol. The van der Waals surface area contributed by atoms with Crippen LogP contribution in [-0.2, 0) is 4.74 Å². The fourth-order valence-corrected chi connectivity index (χ4v) is 2.38. The van der Waals surface area contributed by atoms with Gasteiger partial charge in [0, 0.05) is 6.42 Å². The maximum Gasteiger partial charge on any atom is 0.468 e. The molecule has 14 heavy (non-hydrogen) atoms. The molecule has 0 aromatic rings. The predicted octanol–water partition coefficient (Wildman–Crippen LogP) is 2.66. The molecule has 1 aliphatic carbocycles. The van der Waals surface area contributed by atoms with Crippen molar-refractivity contribution in [3.05, 3.63) is 0 Å². The van der Waals surface area contributed by atoms with Gasteiger partial charge in [-0.25, -0.2) is 4.99 Å². The average Bonchev–Trinajstić information content (AvgIpc) is 2.10.